The summed E-state index contributed by atoms with van der Waals surface area (Å²) in [5.41, 5.74) is 0.999. The third-order valence-corrected chi connectivity index (χ3v) is 5.15. The molecule has 0 bridgehead atoms. The highest BCUT2D eigenvalue weighted by atomic mass is 79.9. The van der Waals surface area contributed by atoms with E-state index in [1.165, 1.54) is 0 Å². The molecule has 1 unspecified atom stereocenters. The van der Waals surface area contributed by atoms with Gasteiger partial charge in [-0.05, 0) is 51.1 Å². The number of benzene rings is 2. The first-order valence-corrected chi connectivity index (χ1v) is 10.9. The summed E-state index contributed by atoms with van der Waals surface area (Å²) >= 11 is 1.89. The lowest BCUT2D eigenvalue weighted by Crippen LogP contribution is -2.34. The molecule has 0 fully saturated rings. The van der Waals surface area contributed by atoms with Crippen molar-refractivity contribution in [2.75, 3.05) is 30.2 Å². The van der Waals surface area contributed by atoms with Crippen molar-refractivity contribution in [2.45, 2.75) is 31.3 Å². The van der Waals surface area contributed by atoms with Gasteiger partial charge < -0.3 is 24.7 Å². The van der Waals surface area contributed by atoms with Gasteiger partial charge in [-0.15, -0.1) is 0 Å². The van der Waals surface area contributed by atoms with E-state index in [9.17, 15) is 9.35 Å². The van der Waals surface area contributed by atoms with Gasteiger partial charge in [0.15, 0.2) is 5.75 Å². The standard InChI is InChI=1S/C20H26BrN3O4S/c1-20(2,3)28-19(25)23-11-10-22-15-6-5-7-16(13-15)24-29(26)18-12-14(21)8-9-17(18)27-4/h5-9,12-13,22,24H,10-11H2,1-4H3,(H,23,25). The molecule has 158 valence electrons. The maximum atomic E-state index is 12.7. The van der Waals surface area contributed by atoms with Crippen molar-refractivity contribution < 1.29 is 18.8 Å². The molecule has 0 aliphatic rings. The molecule has 29 heavy (non-hydrogen) atoms. The summed E-state index contributed by atoms with van der Waals surface area (Å²) in [6.45, 7) is 6.38. The number of hydrogen-bond donors (Lipinski definition) is 3. The number of halogens is 1. The summed E-state index contributed by atoms with van der Waals surface area (Å²) in [6.07, 6.45) is -0.451. The molecule has 0 heterocycles. The van der Waals surface area contributed by atoms with Crippen molar-refractivity contribution in [1.29, 1.82) is 0 Å². The molecule has 0 aliphatic heterocycles. The van der Waals surface area contributed by atoms with Gasteiger partial charge in [0.1, 0.15) is 17.0 Å². The molecular formula is C20H26BrN3O4S. The molecular weight excluding hydrogens is 458 g/mol. The van der Waals surface area contributed by atoms with Crippen LogP contribution in [0, 0.1) is 0 Å². The highest BCUT2D eigenvalue weighted by molar-refractivity contribution is 9.10. The SMILES string of the molecule is COc1ccc(Br)cc1[S+]([O-])Nc1cccc(NCCNC(=O)OC(C)(C)C)c1. The third-order valence-electron chi connectivity index (χ3n) is 3.52. The minimum absolute atomic E-state index is 0.410. The van der Waals surface area contributed by atoms with E-state index >= 15 is 0 Å². The Bertz CT molecular complexity index is 830. The molecule has 2 aromatic carbocycles. The predicted molar refractivity (Wildman–Crippen MR) is 120 cm³/mol. The average molecular weight is 484 g/mol. The third kappa shape index (κ3) is 8.04. The van der Waals surface area contributed by atoms with Crippen LogP contribution in [0.2, 0.25) is 0 Å². The molecule has 1 atom stereocenters. The lowest BCUT2D eigenvalue weighted by atomic mass is 10.2. The predicted octanol–water partition coefficient (Wildman–Crippen LogP) is 4.53. The van der Waals surface area contributed by atoms with Gasteiger partial charge in [-0.1, -0.05) is 22.0 Å². The van der Waals surface area contributed by atoms with Crippen LogP contribution >= 0.6 is 15.9 Å². The van der Waals surface area contributed by atoms with Crippen LogP contribution in [0.25, 0.3) is 0 Å². The summed E-state index contributed by atoms with van der Waals surface area (Å²) in [7, 11) is 1.54. The zero-order valence-corrected chi connectivity index (χ0v) is 19.3. The Hall–Kier alpha value is -2.10. The maximum absolute atomic E-state index is 12.7. The van der Waals surface area contributed by atoms with Crippen molar-refractivity contribution >= 4 is 44.8 Å². The van der Waals surface area contributed by atoms with Gasteiger partial charge in [-0.3, -0.25) is 0 Å². The highest BCUT2D eigenvalue weighted by Crippen LogP contribution is 2.29. The number of anilines is 2. The molecule has 0 aliphatic carbocycles. The molecule has 7 nitrogen and oxygen atoms in total. The van der Waals surface area contributed by atoms with Gasteiger partial charge in [0.25, 0.3) is 0 Å². The van der Waals surface area contributed by atoms with Crippen LogP contribution < -0.4 is 20.1 Å². The van der Waals surface area contributed by atoms with Crippen molar-refractivity contribution in [3.8, 4) is 5.75 Å². The van der Waals surface area contributed by atoms with E-state index in [4.69, 9.17) is 9.47 Å². The fourth-order valence-corrected chi connectivity index (χ4v) is 3.87. The average Bonchev–Trinajstić information content (AvgIpc) is 2.64. The zero-order chi connectivity index (χ0) is 21.4. The van der Waals surface area contributed by atoms with E-state index in [1.54, 1.807) is 19.2 Å². The van der Waals surface area contributed by atoms with Crippen molar-refractivity contribution in [2.24, 2.45) is 0 Å². The number of amides is 1. The number of hydrogen-bond acceptors (Lipinski definition) is 6. The lowest BCUT2D eigenvalue weighted by molar-refractivity contribution is 0.0530. The molecule has 9 heteroatoms. The molecule has 2 rings (SSSR count). The molecule has 0 saturated carbocycles. The summed E-state index contributed by atoms with van der Waals surface area (Å²) in [5, 5.41) is 5.90. The Kier molecular flexibility index (Phi) is 8.48. The Morgan fingerprint density at radius 1 is 1.14 bits per heavy atom. The van der Waals surface area contributed by atoms with Crippen LogP contribution in [0.3, 0.4) is 0 Å². The summed E-state index contributed by atoms with van der Waals surface area (Å²) in [4.78, 5) is 12.2. The Labute approximate surface area is 183 Å². The quantitative estimate of drug-likeness (QED) is 0.377. The summed E-state index contributed by atoms with van der Waals surface area (Å²) in [5.74, 6) is 0.543. The van der Waals surface area contributed by atoms with E-state index in [0.29, 0.717) is 29.4 Å². The van der Waals surface area contributed by atoms with Gasteiger partial charge in [0.2, 0.25) is 4.90 Å². The van der Waals surface area contributed by atoms with Gasteiger partial charge in [0.05, 0.1) is 12.8 Å². The molecule has 3 N–H and O–H groups in total. The fraction of sp³-hybridized carbons (Fsp3) is 0.350. The number of methoxy groups -OCH3 is 1. The maximum Gasteiger partial charge on any atom is 0.407 e. The van der Waals surface area contributed by atoms with E-state index in [0.717, 1.165) is 10.2 Å². The van der Waals surface area contributed by atoms with Crippen LogP contribution in [0.1, 0.15) is 20.8 Å². The molecule has 1 amide bonds. The Morgan fingerprint density at radius 2 is 1.86 bits per heavy atom. The summed E-state index contributed by atoms with van der Waals surface area (Å²) in [6, 6.07) is 12.8. The minimum Gasteiger partial charge on any atom is -0.588 e. The van der Waals surface area contributed by atoms with Crippen LogP contribution in [0.15, 0.2) is 51.8 Å². The minimum atomic E-state index is -1.49. The topological polar surface area (TPSA) is 94.7 Å². The van der Waals surface area contributed by atoms with E-state index in [2.05, 4.69) is 31.3 Å². The number of rotatable bonds is 8. The fourth-order valence-electron chi connectivity index (χ4n) is 2.34. The van der Waals surface area contributed by atoms with Gasteiger partial charge in [-0.2, -0.15) is 0 Å². The molecule has 0 spiro atoms. The number of carbonyl (C=O) groups is 1. The molecule has 2 aromatic rings. The van der Waals surface area contributed by atoms with E-state index in [1.807, 2.05) is 51.1 Å². The largest absolute Gasteiger partial charge is 0.588 e. The first-order valence-electron chi connectivity index (χ1n) is 9.01. The number of carbonyl (C=O) groups excluding carboxylic acids is 1. The number of nitrogens with one attached hydrogen (secondary N) is 3. The lowest BCUT2D eigenvalue weighted by Gasteiger charge is -2.19. The molecule has 0 saturated heterocycles. The van der Waals surface area contributed by atoms with Gasteiger partial charge >= 0.3 is 6.09 Å². The van der Waals surface area contributed by atoms with Crippen LogP contribution in [0.5, 0.6) is 5.75 Å². The van der Waals surface area contributed by atoms with Crippen molar-refractivity contribution in [3.05, 3.63) is 46.9 Å². The number of alkyl carbamates (subject to hydrolysis) is 1. The highest BCUT2D eigenvalue weighted by Gasteiger charge is 2.19. The van der Waals surface area contributed by atoms with Crippen LogP contribution in [-0.4, -0.2) is 36.4 Å². The first kappa shape index (κ1) is 23.2. The second-order valence-electron chi connectivity index (χ2n) is 7.10. The van der Waals surface area contributed by atoms with E-state index in [-0.39, 0.29) is 0 Å². The second-order valence-corrected chi connectivity index (χ2v) is 9.20. The first-order chi connectivity index (χ1) is 13.7. The Morgan fingerprint density at radius 3 is 2.55 bits per heavy atom. The van der Waals surface area contributed by atoms with Crippen LogP contribution in [-0.2, 0) is 16.1 Å². The molecule has 0 radical (unpaired) electrons. The van der Waals surface area contributed by atoms with Crippen LogP contribution in [0.4, 0.5) is 16.2 Å². The molecule has 0 aromatic heterocycles. The van der Waals surface area contributed by atoms with Crippen molar-refractivity contribution in [3.63, 3.8) is 0 Å². The van der Waals surface area contributed by atoms with Gasteiger partial charge in [-0.25, -0.2) is 9.52 Å². The second kappa shape index (κ2) is 10.6. The monoisotopic (exact) mass is 483 g/mol. The Balaban J connectivity index is 1.89. The normalized spacial score (nSPS) is 12.1. The zero-order valence-electron chi connectivity index (χ0n) is 16.9. The van der Waals surface area contributed by atoms with Gasteiger partial charge in [0, 0.05) is 29.3 Å². The smallest absolute Gasteiger partial charge is 0.407 e. The van der Waals surface area contributed by atoms with E-state index < -0.39 is 23.1 Å². The number of ether oxygens (including phenoxy) is 2. The van der Waals surface area contributed by atoms with Crippen molar-refractivity contribution in [1.82, 2.24) is 5.32 Å². The summed E-state index contributed by atoms with van der Waals surface area (Å²) < 4.78 is 27.0.